The Hall–Kier alpha value is -0.380. The molecule has 1 saturated heterocycles. The second-order valence-electron chi connectivity index (χ2n) is 3.55. The molecule has 0 aliphatic carbocycles. The Morgan fingerprint density at radius 2 is 2.07 bits per heavy atom. The molecule has 1 fully saturated rings. The van der Waals surface area contributed by atoms with Crippen LogP contribution in [0, 0.1) is 0 Å². The normalized spacial score (nSPS) is 23.7. The van der Waals surface area contributed by atoms with E-state index in [4.69, 9.17) is 4.74 Å². The molecule has 2 rings (SSSR count). The van der Waals surface area contributed by atoms with E-state index in [2.05, 4.69) is 15.9 Å². The molecule has 0 unspecified atom stereocenters. The van der Waals surface area contributed by atoms with Gasteiger partial charge in [-0.2, -0.15) is 0 Å². The van der Waals surface area contributed by atoms with Crippen LogP contribution in [-0.4, -0.2) is 17.8 Å². The standard InChI is InChI=1S/C11H13BrO2/c12-9-5-3-8(4-6-9)11(13)10-2-1-7-14-10/h3-6,10-11,13H,1-2,7H2/t10-,11-/m0/s1. The molecule has 0 radical (unpaired) electrons. The molecule has 14 heavy (non-hydrogen) atoms. The number of hydrogen-bond acceptors (Lipinski definition) is 2. The van der Waals surface area contributed by atoms with Crippen LogP contribution >= 0.6 is 15.9 Å². The van der Waals surface area contributed by atoms with Crippen LogP contribution in [0.15, 0.2) is 28.7 Å². The van der Waals surface area contributed by atoms with Crippen molar-refractivity contribution in [1.82, 2.24) is 0 Å². The van der Waals surface area contributed by atoms with E-state index in [0.717, 1.165) is 29.5 Å². The first kappa shape index (κ1) is 10.1. The number of halogens is 1. The van der Waals surface area contributed by atoms with E-state index in [9.17, 15) is 5.11 Å². The van der Waals surface area contributed by atoms with Crippen LogP contribution in [0.3, 0.4) is 0 Å². The zero-order chi connectivity index (χ0) is 9.97. The van der Waals surface area contributed by atoms with Crippen LogP contribution in [0.5, 0.6) is 0 Å². The third kappa shape index (κ3) is 2.16. The van der Waals surface area contributed by atoms with Gasteiger partial charge in [0.2, 0.25) is 0 Å². The molecule has 2 atom stereocenters. The highest BCUT2D eigenvalue weighted by Crippen LogP contribution is 2.27. The molecule has 1 aliphatic rings. The second kappa shape index (κ2) is 4.43. The molecule has 0 aromatic heterocycles. The van der Waals surface area contributed by atoms with Gasteiger partial charge in [0.25, 0.3) is 0 Å². The van der Waals surface area contributed by atoms with Crippen LogP contribution in [-0.2, 0) is 4.74 Å². The van der Waals surface area contributed by atoms with Gasteiger partial charge in [0.15, 0.2) is 0 Å². The molecule has 1 aliphatic heterocycles. The van der Waals surface area contributed by atoms with E-state index >= 15 is 0 Å². The number of benzene rings is 1. The van der Waals surface area contributed by atoms with Gasteiger partial charge in [-0.05, 0) is 30.5 Å². The van der Waals surface area contributed by atoms with Crippen LogP contribution in [0.1, 0.15) is 24.5 Å². The van der Waals surface area contributed by atoms with Crippen molar-refractivity contribution in [2.75, 3.05) is 6.61 Å². The maximum absolute atomic E-state index is 9.97. The summed E-state index contributed by atoms with van der Waals surface area (Å²) in [6, 6.07) is 7.73. The summed E-state index contributed by atoms with van der Waals surface area (Å²) in [5, 5.41) is 9.97. The zero-order valence-corrected chi connectivity index (χ0v) is 9.40. The Kier molecular flexibility index (Phi) is 3.21. The van der Waals surface area contributed by atoms with Gasteiger partial charge < -0.3 is 9.84 Å². The minimum Gasteiger partial charge on any atom is -0.386 e. The fourth-order valence-electron chi connectivity index (χ4n) is 1.73. The lowest BCUT2D eigenvalue weighted by Crippen LogP contribution is -2.16. The van der Waals surface area contributed by atoms with Gasteiger partial charge in [-0.15, -0.1) is 0 Å². The quantitative estimate of drug-likeness (QED) is 0.882. The van der Waals surface area contributed by atoms with Gasteiger partial charge in [-0.3, -0.25) is 0 Å². The Bertz CT molecular complexity index is 291. The van der Waals surface area contributed by atoms with Crippen molar-refractivity contribution < 1.29 is 9.84 Å². The summed E-state index contributed by atoms with van der Waals surface area (Å²) in [6.07, 6.45) is 1.51. The average Bonchev–Trinajstić information content (AvgIpc) is 2.71. The van der Waals surface area contributed by atoms with E-state index in [1.54, 1.807) is 0 Å². The first-order valence-corrected chi connectivity index (χ1v) is 5.62. The number of hydrogen-bond donors (Lipinski definition) is 1. The topological polar surface area (TPSA) is 29.5 Å². The molecule has 1 aromatic rings. The number of aliphatic hydroxyl groups is 1. The first-order valence-electron chi connectivity index (χ1n) is 4.82. The molecular weight excluding hydrogens is 244 g/mol. The van der Waals surface area contributed by atoms with Gasteiger partial charge in [-0.25, -0.2) is 0 Å². The zero-order valence-electron chi connectivity index (χ0n) is 7.82. The highest BCUT2D eigenvalue weighted by molar-refractivity contribution is 9.10. The smallest absolute Gasteiger partial charge is 0.105 e. The third-order valence-electron chi connectivity index (χ3n) is 2.53. The number of rotatable bonds is 2. The van der Waals surface area contributed by atoms with Gasteiger partial charge in [-0.1, -0.05) is 28.1 Å². The largest absolute Gasteiger partial charge is 0.386 e. The van der Waals surface area contributed by atoms with E-state index in [1.165, 1.54) is 0 Å². The molecule has 3 heteroatoms. The summed E-state index contributed by atoms with van der Waals surface area (Å²) in [5.41, 5.74) is 0.931. The van der Waals surface area contributed by atoms with Crippen molar-refractivity contribution >= 4 is 15.9 Å². The van der Waals surface area contributed by atoms with Crippen molar-refractivity contribution in [2.45, 2.75) is 25.0 Å². The Morgan fingerprint density at radius 3 is 2.64 bits per heavy atom. The summed E-state index contributed by atoms with van der Waals surface area (Å²) in [5.74, 6) is 0. The monoisotopic (exact) mass is 256 g/mol. The molecule has 76 valence electrons. The Morgan fingerprint density at radius 1 is 1.36 bits per heavy atom. The van der Waals surface area contributed by atoms with Crippen LogP contribution < -0.4 is 0 Å². The third-order valence-corrected chi connectivity index (χ3v) is 3.06. The molecule has 0 spiro atoms. The van der Waals surface area contributed by atoms with Gasteiger partial charge in [0, 0.05) is 11.1 Å². The SMILES string of the molecule is O[C@@H](c1ccc(Br)cc1)[C@@H]1CCCO1. The molecule has 1 heterocycles. The van der Waals surface area contributed by atoms with Gasteiger partial charge in [0.1, 0.15) is 6.10 Å². The van der Waals surface area contributed by atoms with Crippen molar-refractivity contribution in [2.24, 2.45) is 0 Å². The van der Waals surface area contributed by atoms with Crippen molar-refractivity contribution in [3.05, 3.63) is 34.3 Å². The molecule has 0 bridgehead atoms. The molecule has 1 aromatic carbocycles. The lowest BCUT2D eigenvalue weighted by molar-refractivity contribution is -0.00259. The minimum atomic E-state index is -0.481. The number of aliphatic hydroxyl groups excluding tert-OH is 1. The maximum atomic E-state index is 9.97. The van der Waals surface area contributed by atoms with E-state index in [0.29, 0.717) is 0 Å². The van der Waals surface area contributed by atoms with Crippen molar-refractivity contribution in [3.8, 4) is 0 Å². The molecule has 0 amide bonds. The molecule has 0 saturated carbocycles. The predicted molar refractivity (Wildman–Crippen MR) is 58.1 cm³/mol. The summed E-state index contributed by atoms with van der Waals surface area (Å²) in [7, 11) is 0. The average molecular weight is 257 g/mol. The van der Waals surface area contributed by atoms with Crippen LogP contribution in [0.2, 0.25) is 0 Å². The Labute approximate surface area is 92.0 Å². The van der Waals surface area contributed by atoms with Crippen molar-refractivity contribution in [1.29, 1.82) is 0 Å². The summed E-state index contributed by atoms with van der Waals surface area (Å²) in [4.78, 5) is 0. The minimum absolute atomic E-state index is 0.0174. The van der Waals surface area contributed by atoms with Crippen LogP contribution in [0.4, 0.5) is 0 Å². The van der Waals surface area contributed by atoms with Crippen molar-refractivity contribution in [3.63, 3.8) is 0 Å². The first-order chi connectivity index (χ1) is 6.77. The maximum Gasteiger partial charge on any atom is 0.105 e. The summed E-state index contributed by atoms with van der Waals surface area (Å²) >= 11 is 3.37. The molecular formula is C11H13BrO2. The summed E-state index contributed by atoms with van der Waals surface area (Å²) in [6.45, 7) is 0.776. The number of ether oxygens (including phenoxy) is 1. The van der Waals surface area contributed by atoms with Crippen LogP contribution in [0.25, 0.3) is 0 Å². The fraction of sp³-hybridized carbons (Fsp3) is 0.455. The Balaban J connectivity index is 2.09. The second-order valence-corrected chi connectivity index (χ2v) is 4.46. The van der Waals surface area contributed by atoms with E-state index in [1.807, 2.05) is 24.3 Å². The van der Waals surface area contributed by atoms with Gasteiger partial charge >= 0.3 is 0 Å². The lowest BCUT2D eigenvalue weighted by atomic mass is 10.0. The fourth-order valence-corrected chi connectivity index (χ4v) is 1.99. The predicted octanol–water partition coefficient (Wildman–Crippen LogP) is 2.66. The highest BCUT2D eigenvalue weighted by Gasteiger charge is 2.24. The lowest BCUT2D eigenvalue weighted by Gasteiger charge is -2.17. The van der Waals surface area contributed by atoms with E-state index < -0.39 is 6.10 Å². The molecule has 2 nitrogen and oxygen atoms in total. The summed E-state index contributed by atoms with van der Waals surface area (Å²) < 4.78 is 6.47. The molecule has 1 N–H and O–H groups in total. The van der Waals surface area contributed by atoms with E-state index in [-0.39, 0.29) is 6.10 Å². The highest BCUT2D eigenvalue weighted by atomic mass is 79.9. The van der Waals surface area contributed by atoms with Gasteiger partial charge in [0.05, 0.1) is 6.10 Å².